The minimum absolute atomic E-state index is 0.213. The predicted molar refractivity (Wildman–Crippen MR) is 102 cm³/mol. The molecule has 6 rings (SSSR count). The molecule has 1 saturated heterocycles. The average Bonchev–Trinajstić information content (AvgIpc) is 3.47. The highest BCUT2D eigenvalue weighted by atomic mass is 16.7. The van der Waals surface area contributed by atoms with Crippen molar-refractivity contribution in [3.05, 3.63) is 36.2 Å². The van der Waals surface area contributed by atoms with Gasteiger partial charge in [-0.15, -0.1) is 0 Å². The second-order valence-electron chi connectivity index (χ2n) is 7.23. The molecule has 4 heterocycles. The van der Waals surface area contributed by atoms with Crippen LogP contribution in [0.3, 0.4) is 0 Å². The summed E-state index contributed by atoms with van der Waals surface area (Å²) in [6.45, 7) is 3.41. The van der Waals surface area contributed by atoms with E-state index < -0.39 is 0 Å². The summed E-state index contributed by atoms with van der Waals surface area (Å²) in [5.74, 6) is 3.74. The smallest absolute Gasteiger partial charge is 0.231 e. The van der Waals surface area contributed by atoms with Crippen LogP contribution in [-0.4, -0.2) is 41.5 Å². The van der Waals surface area contributed by atoms with Gasteiger partial charge < -0.3 is 18.9 Å². The van der Waals surface area contributed by atoms with Gasteiger partial charge in [-0.05, 0) is 56.3 Å². The Balaban J connectivity index is 1.54. The molecule has 0 amide bonds. The quantitative estimate of drug-likeness (QED) is 0.693. The number of hydrogen-bond donors (Lipinski definition) is 0. The molecule has 142 valence electrons. The van der Waals surface area contributed by atoms with E-state index in [0.29, 0.717) is 5.75 Å². The third-order valence-corrected chi connectivity index (χ3v) is 5.45. The Kier molecular flexibility index (Phi) is 3.55. The predicted octanol–water partition coefficient (Wildman–Crippen LogP) is 3.35. The van der Waals surface area contributed by atoms with Gasteiger partial charge in [0.2, 0.25) is 13.6 Å². The first-order valence-corrected chi connectivity index (χ1v) is 9.57. The molecule has 3 aromatic rings. The maximum Gasteiger partial charge on any atom is 0.231 e. The molecule has 0 aliphatic carbocycles. The van der Waals surface area contributed by atoms with Gasteiger partial charge in [0.25, 0.3) is 0 Å². The Labute approximate surface area is 161 Å². The SMILES string of the molecule is c1cc2c(cc1-c1nc(CN3CCCC3)nc3ccc4c(c13)OCO4)OCO2. The molecule has 7 nitrogen and oxygen atoms in total. The summed E-state index contributed by atoms with van der Waals surface area (Å²) in [6.07, 6.45) is 2.47. The van der Waals surface area contributed by atoms with Gasteiger partial charge >= 0.3 is 0 Å². The summed E-state index contributed by atoms with van der Waals surface area (Å²) in [6, 6.07) is 9.80. The van der Waals surface area contributed by atoms with E-state index in [2.05, 4.69) is 4.90 Å². The van der Waals surface area contributed by atoms with Crippen molar-refractivity contribution < 1.29 is 18.9 Å². The molecule has 3 aliphatic heterocycles. The van der Waals surface area contributed by atoms with E-state index in [-0.39, 0.29) is 13.6 Å². The van der Waals surface area contributed by atoms with Crippen LogP contribution in [0.2, 0.25) is 0 Å². The molecule has 28 heavy (non-hydrogen) atoms. The van der Waals surface area contributed by atoms with Gasteiger partial charge in [0.05, 0.1) is 23.1 Å². The maximum atomic E-state index is 5.77. The number of rotatable bonds is 3. The second kappa shape index (κ2) is 6.24. The van der Waals surface area contributed by atoms with Crippen molar-refractivity contribution in [2.24, 2.45) is 0 Å². The van der Waals surface area contributed by atoms with Crippen molar-refractivity contribution in [1.29, 1.82) is 0 Å². The third kappa shape index (κ3) is 2.54. The van der Waals surface area contributed by atoms with Gasteiger partial charge in [0, 0.05) is 5.56 Å². The van der Waals surface area contributed by atoms with Crippen LogP contribution in [0.15, 0.2) is 30.3 Å². The van der Waals surface area contributed by atoms with Crippen LogP contribution >= 0.6 is 0 Å². The molecule has 0 atom stereocenters. The highest BCUT2D eigenvalue weighted by molar-refractivity contribution is 5.99. The van der Waals surface area contributed by atoms with Crippen LogP contribution < -0.4 is 18.9 Å². The van der Waals surface area contributed by atoms with E-state index in [1.807, 2.05) is 30.3 Å². The highest BCUT2D eigenvalue weighted by Crippen LogP contribution is 2.44. The van der Waals surface area contributed by atoms with Gasteiger partial charge in [-0.1, -0.05) is 0 Å². The largest absolute Gasteiger partial charge is 0.454 e. The first-order chi connectivity index (χ1) is 13.8. The maximum absolute atomic E-state index is 5.77. The lowest BCUT2D eigenvalue weighted by Gasteiger charge is -2.16. The summed E-state index contributed by atoms with van der Waals surface area (Å²) >= 11 is 0. The fourth-order valence-electron chi connectivity index (χ4n) is 4.10. The Bertz CT molecular complexity index is 1080. The van der Waals surface area contributed by atoms with Crippen molar-refractivity contribution in [1.82, 2.24) is 14.9 Å². The summed E-state index contributed by atoms with van der Waals surface area (Å²) in [4.78, 5) is 12.2. The van der Waals surface area contributed by atoms with Crippen LogP contribution in [-0.2, 0) is 6.54 Å². The van der Waals surface area contributed by atoms with Crippen molar-refractivity contribution in [3.8, 4) is 34.3 Å². The zero-order chi connectivity index (χ0) is 18.5. The molecule has 1 fully saturated rings. The molecule has 0 saturated carbocycles. The van der Waals surface area contributed by atoms with Gasteiger partial charge in [-0.25, -0.2) is 9.97 Å². The number of aromatic nitrogens is 2. The molecule has 0 spiro atoms. The lowest BCUT2D eigenvalue weighted by atomic mass is 10.0. The summed E-state index contributed by atoms with van der Waals surface area (Å²) in [5.41, 5.74) is 2.64. The summed E-state index contributed by atoms with van der Waals surface area (Å²) in [7, 11) is 0. The molecule has 0 unspecified atom stereocenters. The molecular formula is C21H19N3O4. The van der Waals surface area contributed by atoms with Crippen LogP contribution in [0.5, 0.6) is 23.0 Å². The normalized spacial score (nSPS) is 17.6. The number of ether oxygens (including phenoxy) is 4. The molecule has 0 bridgehead atoms. The van der Waals surface area contributed by atoms with Crippen LogP contribution in [0, 0.1) is 0 Å². The van der Waals surface area contributed by atoms with Crippen molar-refractivity contribution in [2.45, 2.75) is 19.4 Å². The molecule has 0 N–H and O–H groups in total. The van der Waals surface area contributed by atoms with E-state index >= 15 is 0 Å². The van der Waals surface area contributed by atoms with E-state index in [4.69, 9.17) is 28.9 Å². The number of likely N-dealkylation sites (tertiary alicyclic amines) is 1. The first kappa shape index (κ1) is 15.9. The molecular weight excluding hydrogens is 358 g/mol. The Morgan fingerprint density at radius 3 is 2.54 bits per heavy atom. The third-order valence-electron chi connectivity index (χ3n) is 5.45. The second-order valence-corrected chi connectivity index (χ2v) is 7.23. The number of nitrogens with zero attached hydrogens (tertiary/aromatic N) is 3. The van der Waals surface area contributed by atoms with E-state index in [1.54, 1.807) is 0 Å². The summed E-state index contributed by atoms with van der Waals surface area (Å²) < 4.78 is 22.4. The Morgan fingerprint density at radius 1 is 0.821 bits per heavy atom. The van der Waals surface area contributed by atoms with Crippen LogP contribution in [0.4, 0.5) is 0 Å². The first-order valence-electron chi connectivity index (χ1n) is 9.57. The van der Waals surface area contributed by atoms with Gasteiger partial charge in [-0.3, -0.25) is 4.90 Å². The Morgan fingerprint density at radius 2 is 1.61 bits per heavy atom. The zero-order valence-electron chi connectivity index (χ0n) is 15.3. The van der Waals surface area contributed by atoms with Crippen molar-refractivity contribution in [2.75, 3.05) is 26.7 Å². The Hall–Kier alpha value is -3.06. The van der Waals surface area contributed by atoms with Gasteiger partial charge in [-0.2, -0.15) is 0 Å². The fourth-order valence-corrected chi connectivity index (χ4v) is 4.10. The molecule has 1 aromatic heterocycles. The van der Waals surface area contributed by atoms with Crippen molar-refractivity contribution >= 4 is 10.9 Å². The molecule has 7 heteroatoms. The minimum Gasteiger partial charge on any atom is -0.454 e. The molecule has 3 aliphatic rings. The van der Waals surface area contributed by atoms with Gasteiger partial charge in [0.1, 0.15) is 5.82 Å². The van der Waals surface area contributed by atoms with E-state index in [1.165, 1.54) is 12.8 Å². The topological polar surface area (TPSA) is 65.9 Å². The van der Waals surface area contributed by atoms with E-state index in [0.717, 1.165) is 64.9 Å². The fraction of sp³-hybridized carbons (Fsp3) is 0.333. The lowest BCUT2D eigenvalue weighted by Crippen LogP contribution is -2.20. The van der Waals surface area contributed by atoms with Crippen LogP contribution in [0.25, 0.3) is 22.2 Å². The summed E-state index contributed by atoms with van der Waals surface area (Å²) in [5, 5.41) is 0.874. The number of benzene rings is 2. The molecule has 0 radical (unpaired) electrons. The standard InChI is InChI=1S/C21H19N3O4/c1-2-8-24(7-1)10-18-22-14-4-6-16-21(28-12-26-16)19(14)20(23-18)13-3-5-15-17(9-13)27-11-25-15/h3-6,9H,1-2,7-8,10-12H2. The lowest BCUT2D eigenvalue weighted by molar-refractivity contribution is 0.174. The highest BCUT2D eigenvalue weighted by Gasteiger charge is 2.24. The number of hydrogen-bond acceptors (Lipinski definition) is 7. The average molecular weight is 377 g/mol. The van der Waals surface area contributed by atoms with Crippen molar-refractivity contribution in [3.63, 3.8) is 0 Å². The van der Waals surface area contributed by atoms with Gasteiger partial charge in [0.15, 0.2) is 23.0 Å². The minimum atomic E-state index is 0.213. The molecule has 2 aromatic carbocycles. The monoisotopic (exact) mass is 377 g/mol. The van der Waals surface area contributed by atoms with E-state index in [9.17, 15) is 0 Å². The zero-order valence-corrected chi connectivity index (χ0v) is 15.3. The van der Waals surface area contributed by atoms with Crippen LogP contribution in [0.1, 0.15) is 18.7 Å². The number of fused-ring (bicyclic) bond motifs is 4.